The smallest absolute Gasteiger partial charge is 0.137 e. The Morgan fingerprint density at radius 3 is 2.81 bits per heavy atom. The third-order valence-corrected chi connectivity index (χ3v) is 2.76. The van der Waals surface area contributed by atoms with E-state index in [4.69, 9.17) is 5.26 Å². The molecule has 0 saturated heterocycles. The first-order valence-electron chi connectivity index (χ1n) is 5.49. The maximum absolute atomic E-state index is 8.90. The molecule has 0 unspecified atom stereocenters. The van der Waals surface area contributed by atoms with Crippen molar-refractivity contribution in [1.82, 2.24) is 9.38 Å². The van der Waals surface area contributed by atoms with Crippen molar-refractivity contribution in [3.8, 4) is 6.07 Å². The van der Waals surface area contributed by atoms with Crippen molar-refractivity contribution in [2.45, 2.75) is 33.1 Å². The summed E-state index contributed by atoms with van der Waals surface area (Å²) in [4.78, 5) is 4.60. The van der Waals surface area contributed by atoms with E-state index < -0.39 is 0 Å². The van der Waals surface area contributed by atoms with Gasteiger partial charge in [0.2, 0.25) is 0 Å². The van der Waals surface area contributed by atoms with Crippen LogP contribution in [0.1, 0.15) is 36.8 Å². The van der Waals surface area contributed by atoms with Crippen LogP contribution in [-0.4, -0.2) is 9.38 Å². The number of rotatable bonds is 2. The van der Waals surface area contributed by atoms with E-state index in [9.17, 15) is 0 Å². The van der Waals surface area contributed by atoms with Crippen LogP contribution in [0.4, 0.5) is 0 Å². The molecule has 0 saturated carbocycles. The number of imidazole rings is 1. The predicted octanol–water partition coefficient (Wildman–Crippen LogP) is 2.83. The zero-order chi connectivity index (χ0) is 11.7. The van der Waals surface area contributed by atoms with Crippen molar-refractivity contribution in [2.24, 2.45) is 0 Å². The van der Waals surface area contributed by atoms with Gasteiger partial charge in [0.1, 0.15) is 5.65 Å². The summed E-state index contributed by atoms with van der Waals surface area (Å²) in [5.74, 6) is 0.350. The minimum Gasteiger partial charge on any atom is -0.300 e. The molecule has 0 bridgehead atoms. The monoisotopic (exact) mass is 213 g/mol. The molecule has 0 aliphatic carbocycles. The highest BCUT2D eigenvalue weighted by molar-refractivity contribution is 5.46. The lowest BCUT2D eigenvalue weighted by Crippen LogP contribution is -1.99. The van der Waals surface area contributed by atoms with Gasteiger partial charge >= 0.3 is 0 Å². The van der Waals surface area contributed by atoms with Gasteiger partial charge in [-0.3, -0.25) is 4.40 Å². The summed E-state index contributed by atoms with van der Waals surface area (Å²) in [6, 6.07) is 8.25. The molecule has 0 spiro atoms. The fraction of sp³-hybridized carbons (Fsp3) is 0.385. The van der Waals surface area contributed by atoms with Crippen LogP contribution in [0.5, 0.6) is 0 Å². The van der Waals surface area contributed by atoms with Crippen LogP contribution in [0, 0.1) is 18.3 Å². The van der Waals surface area contributed by atoms with E-state index in [2.05, 4.69) is 29.3 Å². The van der Waals surface area contributed by atoms with Crippen molar-refractivity contribution in [2.75, 3.05) is 0 Å². The summed E-state index contributed by atoms with van der Waals surface area (Å²) in [6.07, 6.45) is 0.416. The van der Waals surface area contributed by atoms with E-state index in [1.54, 1.807) is 0 Å². The lowest BCUT2D eigenvalue weighted by Gasteiger charge is -2.05. The second-order valence-corrected chi connectivity index (χ2v) is 4.29. The van der Waals surface area contributed by atoms with Crippen LogP contribution in [0.2, 0.25) is 0 Å². The first-order valence-corrected chi connectivity index (χ1v) is 5.49. The fourth-order valence-electron chi connectivity index (χ4n) is 2.05. The molecule has 3 heteroatoms. The maximum atomic E-state index is 8.90. The number of nitriles is 1. The summed E-state index contributed by atoms with van der Waals surface area (Å²) < 4.78 is 2.08. The Bertz CT molecular complexity index is 558. The van der Waals surface area contributed by atoms with E-state index in [-0.39, 0.29) is 0 Å². The number of fused-ring (bicyclic) bond motifs is 1. The molecule has 3 nitrogen and oxygen atoms in total. The zero-order valence-corrected chi connectivity index (χ0v) is 9.86. The topological polar surface area (TPSA) is 41.1 Å². The van der Waals surface area contributed by atoms with Gasteiger partial charge in [0.15, 0.2) is 0 Å². The summed E-state index contributed by atoms with van der Waals surface area (Å²) >= 11 is 0. The van der Waals surface area contributed by atoms with E-state index in [1.165, 1.54) is 0 Å². The molecule has 16 heavy (non-hydrogen) atoms. The average molecular weight is 213 g/mol. The Morgan fingerprint density at radius 2 is 2.19 bits per heavy atom. The lowest BCUT2D eigenvalue weighted by atomic mass is 10.1. The van der Waals surface area contributed by atoms with Crippen LogP contribution in [0.15, 0.2) is 18.2 Å². The molecule has 2 aromatic rings. The Hall–Kier alpha value is -1.82. The highest BCUT2D eigenvalue weighted by atomic mass is 15.0. The Morgan fingerprint density at radius 1 is 1.44 bits per heavy atom. The molecular weight excluding hydrogens is 198 g/mol. The number of pyridine rings is 1. The SMILES string of the molecule is Cc1cccc2nc(C(C)C)c(CC#N)n12. The van der Waals surface area contributed by atoms with Crippen LogP contribution >= 0.6 is 0 Å². The van der Waals surface area contributed by atoms with Crippen molar-refractivity contribution >= 4 is 5.65 Å². The molecule has 2 aromatic heterocycles. The van der Waals surface area contributed by atoms with Crippen LogP contribution < -0.4 is 0 Å². The minimum absolute atomic E-state index is 0.350. The van der Waals surface area contributed by atoms with Crippen molar-refractivity contribution in [3.05, 3.63) is 35.3 Å². The Balaban J connectivity index is 2.78. The van der Waals surface area contributed by atoms with Gasteiger partial charge < -0.3 is 0 Å². The molecule has 0 fully saturated rings. The first-order chi connectivity index (χ1) is 7.65. The molecular formula is C13H15N3. The van der Waals surface area contributed by atoms with Gasteiger partial charge in [-0.25, -0.2) is 4.98 Å². The third kappa shape index (κ3) is 1.57. The summed E-state index contributed by atoms with van der Waals surface area (Å²) in [5, 5.41) is 8.90. The van der Waals surface area contributed by atoms with Crippen molar-refractivity contribution in [3.63, 3.8) is 0 Å². The van der Waals surface area contributed by atoms with E-state index in [1.807, 2.05) is 25.1 Å². The first kappa shape index (κ1) is 10.7. The number of nitrogens with zero attached hydrogens (tertiary/aromatic N) is 3. The molecule has 82 valence electrons. The highest BCUT2D eigenvalue weighted by Gasteiger charge is 2.15. The van der Waals surface area contributed by atoms with Gasteiger partial charge in [-0.1, -0.05) is 19.9 Å². The molecule has 0 radical (unpaired) electrons. The van der Waals surface area contributed by atoms with E-state index in [0.29, 0.717) is 12.3 Å². The molecule has 0 aromatic carbocycles. The Kier molecular flexibility index (Phi) is 2.66. The second-order valence-electron chi connectivity index (χ2n) is 4.29. The standard InChI is InChI=1S/C13H15N3/c1-9(2)13-11(7-8-14)16-10(3)5-4-6-12(16)15-13/h4-6,9H,7H2,1-3H3. The van der Waals surface area contributed by atoms with Gasteiger partial charge in [0.25, 0.3) is 0 Å². The Labute approximate surface area is 95.4 Å². The average Bonchev–Trinajstić information content (AvgIpc) is 2.59. The van der Waals surface area contributed by atoms with E-state index in [0.717, 1.165) is 22.7 Å². The van der Waals surface area contributed by atoms with Crippen molar-refractivity contribution in [1.29, 1.82) is 5.26 Å². The highest BCUT2D eigenvalue weighted by Crippen LogP contribution is 2.22. The lowest BCUT2D eigenvalue weighted by molar-refractivity contribution is 0.812. The zero-order valence-electron chi connectivity index (χ0n) is 9.86. The largest absolute Gasteiger partial charge is 0.300 e. The molecule has 2 heterocycles. The molecule has 0 aliphatic rings. The summed E-state index contributed by atoms with van der Waals surface area (Å²) in [5.41, 5.74) is 4.14. The van der Waals surface area contributed by atoms with Gasteiger partial charge in [0, 0.05) is 5.69 Å². The number of aryl methyl sites for hydroxylation is 1. The number of aromatic nitrogens is 2. The van der Waals surface area contributed by atoms with Gasteiger partial charge in [-0.15, -0.1) is 0 Å². The third-order valence-electron chi connectivity index (χ3n) is 2.76. The molecule has 0 N–H and O–H groups in total. The predicted molar refractivity (Wildman–Crippen MR) is 63.3 cm³/mol. The maximum Gasteiger partial charge on any atom is 0.137 e. The summed E-state index contributed by atoms with van der Waals surface area (Å²) in [6.45, 7) is 6.26. The molecule has 2 rings (SSSR count). The van der Waals surface area contributed by atoms with E-state index >= 15 is 0 Å². The minimum atomic E-state index is 0.350. The molecule has 0 atom stereocenters. The van der Waals surface area contributed by atoms with Gasteiger partial charge in [-0.2, -0.15) is 5.26 Å². The molecule has 0 amide bonds. The normalized spacial score (nSPS) is 10.9. The number of hydrogen-bond acceptors (Lipinski definition) is 2. The fourth-order valence-corrected chi connectivity index (χ4v) is 2.05. The molecule has 0 aliphatic heterocycles. The quantitative estimate of drug-likeness (QED) is 0.769. The number of hydrogen-bond donors (Lipinski definition) is 0. The van der Waals surface area contributed by atoms with Crippen LogP contribution in [0.3, 0.4) is 0 Å². The van der Waals surface area contributed by atoms with Crippen LogP contribution in [-0.2, 0) is 6.42 Å². The van der Waals surface area contributed by atoms with Crippen molar-refractivity contribution < 1.29 is 0 Å². The van der Waals surface area contributed by atoms with Gasteiger partial charge in [0.05, 0.1) is 23.9 Å². The second kappa shape index (κ2) is 3.97. The van der Waals surface area contributed by atoms with Crippen LogP contribution in [0.25, 0.3) is 5.65 Å². The summed E-state index contributed by atoms with van der Waals surface area (Å²) in [7, 11) is 0. The van der Waals surface area contributed by atoms with Gasteiger partial charge in [-0.05, 0) is 25.0 Å².